The van der Waals surface area contributed by atoms with E-state index in [1.165, 1.54) is 0 Å². The summed E-state index contributed by atoms with van der Waals surface area (Å²) in [5.41, 5.74) is 7.66. The van der Waals surface area contributed by atoms with Crippen LogP contribution in [0.2, 0.25) is 0 Å². The molecule has 3 nitrogen and oxygen atoms in total. The standard InChI is InChI=1S/C10H12N2O/c1-12-3-2-7-4-9(13)5-8(6-11)10(7)12/h2-5,13H,6,11H2,1H3. The number of aromatic nitrogens is 1. The average molecular weight is 176 g/mol. The molecule has 0 fully saturated rings. The summed E-state index contributed by atoms with van der Waals surface area (Å²) in [6.45, 7) is 0.447. The van der Waals surface area contributed by atoms with Crippen LogP contribution in [-0.2, 0) is 13.6 Å². The van der Waals surface area contributed by atoms with Crippen LogP contribution < -0.4 is 5.73 Å². The summed E-state index contributed by atoms with van der Waals surface area (Å²) < 4.78 is 2.01. The van der Waals surface area contributed by atoms with Gasteiger partial charge in [-0.2, -0.15) is 0 Å². The number of phenolic OH excluding ortho intramolecular Hbond substituents is 1. The van der Waals surface area contributed by atoms with Crippen LogP contribution in [0.1, 0.15) is 5.56 Å². The van der Waals surface area contributed by atoms with Crippen molar-refractivity contribution < 1.29 is 5.11 Å². The van der Waals surface area contributed by atoms with E-state index in [0.717, 1.165) is 16.5 Å². The third-order valence-electron chi connectivity index (χ3n) is 2.25. The lowest BCUT2D eigenvalue weighted by molar-refractivity contribution is 0.475. The Morgan fingerprint density at radius 3 is 2.92 bits per heavy atom. The third-order valence-corrected chi connectivity index (χ3v) is 2.25. The van der Waals surface area contributed by atoms with Gasteiger partial charge in [0.25, 0.3) is 0 Å². The monoisotopic (exact) mass is 176 g/mol. The molecule has 0 spiro atoms. The zero-order valence-electron chi connectivity index (χ0n) is 7.49. The second-order valence-electron chi connectivity index (χ2n) is 3.17. The summed E-state index contributed by atoms with van der Waals surface area (Å²) in [6.07, 6.45) is 1.96. The van der Waals surface area contributed by atoms with E-state index >= 15 is 0 Å². The largest absolute Gasteiger partial charge is 0.508 e. The van der Waals surface area contributed by atoms with Gasteiger partial charge in [0, 0.05) is 25.2 Å². The smallest absolute Gasteiger partial charge is 0.116 e. The Balaban J connectivity index is 2.85. The van der Waals surface area contributed by atoms with Gasteiger partial charge in [0.15, 0.2) is 0 Å². The summed E-state index contributed by atoms with van der Waals surface area (Å²) in [6, 6.07) is 5.42. The molecule has 0 amide bonds. The number of benzene rings is 1. The second kappa shape index (κ2) is 2.78. The minimum absolute atomic E-state index is 0.277. The number of rotatable bonds is 1. The van der Waals surface area contributed by atoms with Crippen molar-refractivity contribution in [1.29, 1.82) is 0 Å². The maximum atomic E-state index is 9.39. The first-order valence-corrected chi connectivity index (χ1v) is 4.19. The van der Waals surface area contributed by atoms with Gasteiger partial charge in [0.1, 0.15) is 5.75 Å². The summed E-state index contributed by atoms with van der Waals surface area (Å²) in [5, 5.41) is 10.4. The molecule has 0 saturated heterocycles. The van der Waals surface area contributed by atoms with Crippen molar-refractivity contribution in [3.8, 4) is 5.75 Å². The molecule has 0 aliphatic heterocycles. The van der Waals surface area contributed by atoms with E-state index in [1.807, 2.05) is 23.9 Å². The Labute approximate surface area is 76.4 Å². The van der Waals surface area contributed by atoms with Crippen LogP contribution in [0.25, 0.3) is 10.9 Å². The highest BCUT2D eigenvalue weighted by Gasteiger charge is 2.04. The fraction of sp³-hybridized carbons (Fsp3) is 0.200. The summed E-state index contributed by atoms with van der Waals surface area (Å²) in [4.78, 5) is 0. The Morgan fingerprint density at radius 2 is 2.23 bits per heavy atom. The summed E-state index contributed by atoms with van der Waals surface area (Å²) >= 11 is 0. The first kappa shape index (κ1) is 8.13. The van der Waals surface area contributed by atoms with Gasteiger partial charge >= 0.3 is 0 Å². The Bertz CT molecular complexity index is 445. The molecular formula is C10H12N2O. The highest BCUT2D eigenvalue weighted by molar-refractivity contribution is 5.84. The van der Waals surface area contributed by atoms with Crippen molar-refractivity contribution in [3.63, 3.8) is 0 Å². The van der Waals surface area contributed by atoms with Crippen LogP contribution in [-0.4, -0.2) is 9.67 Å². The van der Waals surface area contributed by atoms with Crippen molar-refractivity contribution in [2.24, 2.45) is 12.8 Å². The number of nitrogens with two attached hydrogens (primary N) is 1. The lowest BCUT2D eigenvalue weighted by atomic mass is 10.1. The van der Waals surface area contributed by atoms with Crippen LogP contribution in [0.3, 0.4) is 0 Å². The quantitative estimate of drug-likeness (QED) is 0.689. The fourth-order valence-electron chi connectivity index (χ4n) is 1.68. The number of fused-ring (bicyclic) bond motifs is 1. The SMILES string of the molecule is Cn1ccc2cc(O)cc(CN)c21. The lowest BCUT2D eigenvalue weighted by Crippen LogP contribution is -1.99. The molecule has 13 heavy (non-hydrogen) atoms. The molecule has 0 unspecified atom stereocenters. The van der Waals surface area contributed by atoms with Crippen LogP contribution in [0.15, 0.2) is 24.4 Å². The third kappa shape index (κ3) is 1.17. The van der Waals surface area contributed by atoms with Crippen molar-refractivity contribution in [2.45, 2.75) is 6.54 Å². The second-order valence-corrected chi connectivity index (χ2v) is 3.17. The first-order valence-electron chi connectivity index (χ1n) is 4.19. The topological polar surface area (TPSA) is 51.2 Å². The van der Waals surface area contributed by atoms with E-state index in [1.54, 1.807) is 12.1 Å². The van der Waals surface area contributed by atoms with Gasteiger partial charge in [-0.3, -0.25) is 0 Å². The lowest BCUT2D eigenvalue weighted by Gasteiger charge is -2.04. The van der Waals surface area contributed by atoms with E-state index in [-0.39, 0.29) is 5.75 Å². The van der Waals surface area contributed by atoms with Crippen LogP contribution in [0.4, 0.5) is 0 Å². The number of hydrogen-bond acceptors (Lipinski definition) is 2. The summed E-state index contributed by atoms with van der Waals surface area (Å²) in [7, 11) is 1.97. The van der Waals surface area contributed by atoms with Crippen molar-refractivity contribution in [1.82, 2.24) is 4.57 Å². The van der Waals surface area contributed by atoms with Crippen LogP contribution in [0.5, 0.6) is 5.75 Å². The minimum Gasteiger partial charge on any atom is -0.508 e. The first-order chi connectivity index (χ1) is 6.22. The van der Waals surface area contributed by atoms with Crippen molar-refractivity contribution >= 4 is 10.9 Å². The van der Waals surface area contributed by atoms with Gasteiger partial charge in [-0.1, -0.05) is 0 Å². The molecule has 3 N–H and O–H groups in total. The molecule has 3 heteroatoms. The van der Waals surface area contributed by atoms with Gasteiger partial charge in [-0.05, 0) is 23.8 Å². The van der Waals surface area contributed by atoms with Gasteiger partial charge in [0.2, 0.25) is 0 Å². The normalized spacial score (nSPS) is 10.9. The molecule has 68 valence electrons. The van der Waals surface area contributed by atoms with E-state index in [0.29, 0.717) is 6.54 Å². The summed E-state index contributed by atoms with van der Waals surface area (Å²) in [5.74, 6) is 0.277. The molecule has 2 aromatic rings. The van der Waals surface area contributed by atoms with Crippen LogP contribution in [0, 0.1) is 0 Å². The molecule has 0 saturated carbocycles. The van der Waals surface area contributed by atoms with Crippen molar-refractivity contribution in [3.05, 3.63) is 30.0 Å². The van der Waals surface area contributed by atoms with Crippen LogP contribution >= 0.6 is 0 Å². The molecule has 2 rings (SSSR count). The molecule has 1 aromatic heterocycles. The minimum atomic E-state index is 0.277. The zero-order valence-corrected chi connectivity index (χ0v) is 7.49. The van der Waals surface area contributed by atoms with E-state index < -0.39 is 0 Å². The van der Waals surface area contributed by atoms with E-state index in [2.05, 4.69) is 0 Å². The Kier molecular flexibility index (Phi) is 1.74. The predicted molar refractivity (Wildman–Crippen MR) is 52.5 cm³/mol. The molecule has 0 bridgehead atoms. The Hall–Kier alpha value is -1.48. The molecule has 1 heterocycles. The van der Waals surface area contributed by atoms with E-state index in [9.17, 15) is 5.11 Å². The van der Waals surface area contributed by atoms with Gasteiger partial charge < -0.3 is 15.4 Å². The highest BCUT2D eigenvalue weighted by Crippen LogP contribution is 2.24. The molecule has 0 aliphatic rings. The van der Waals surface area contributed by atoms with E-state index in [4.69, 9.17) is 5.73 Å². The maximum Gasteiger partial charge on any atom is 0.116 e. The molecule has 0 atom stereocenters. The molecular weight excluding hydrogens is 164 g/mol. The maximum absolute atomic E-state index is 9.39. The van der Waals surface area contributed by atoms with Gasteiger partial charge in [-0.15, -0.1) is 0 Å². The number of nitrogens with zero attached hydrogens (tertiary/aromatic N) is 1. The number of aromatic hydroxyl groups is 1. The number of aryl methyl sites for hydroxylation is 1. The molecule has 0 radical (unpaired) electrons. The highest BCUT2D eigenvalue weighted by atomic mass is 16.3. The van der Waals surface area contributed by atoms with Crippen molar-refractivity contribution in [2.75, 3.05) is 0 Å². The number of phenols is 1. The molecule has 0 aliphatic carbocycles. The van der Waals surface area contributed by atoms with Gasteiger partial charge in [-0.25, -0.2) is 0 Å². The average Bonchev–Trinajstić information content (AvgIpc) is 2.46. The predicted octanol–water partition coefficient (Wildman–Crippen LogP) is 1.34. The zero-order chi connectivity index (χ0) is 9.42. The molecule has 1 aromatic carbocycles. The number of hydrogen-bond donors (Lipinski definition) is 2. The van der Waals surface area contributed by atoms with Gasteiger partial charge in [0.05, 0.1) is 5.52 Å². The Morgan fingerprint density at radius 1 is 1.46 bits per heavy atom. The fourth-order valence-corrected chi connectivity index (χ4v) is 1.68.